The zero-order valence-electron chi connectivity index (χ0n) is 9.31. The molecule has 1 N–H and O–H groups in total. The maximum atomic E-state index is 10.0. The smallest absolute Gasteiger partial charge is 0.0848 e. The Bertz CT molecular complexity index is 326. The van der Waals surface area contributed by atoms with Gasteiger partial charge in [-0.3, -0.25) is 4.68 Å². The topological polar surface area (TPSA) is 47.3 Å². The molecule has 1 unspecified atom stereocenters. The standard InChI is InChI=1S/C11H18N2O2/c1-13-8-9(7-12-13)10(14)6-11(15-2)4-3-5-11/h7-8,10,14H,3-6H2,1-2H3. The Morgan fingerprint density at radius 3 is 2.80 bits per heavy atom. The fraction of sp³-hybridized carbons (Fsp3) is 0.727. The van der Waals surface area contributed by atoms with E-state index >= 15 is 0 Å². The molecule has 1 aliphatic carbocycles. The van der Waals surface area contributed by atoms with E-state index in [-0.39, 0.29) is 5.60 Å². The third kappa shape index (κ3) is 2.06. The largest absolute Gasteiger partial charge is 0.388 e. The number of rotatable bonds is 4. The van der Waals surface area contributed by atoms with Crippen molar-refractivity contribution in [2.75, 3.05) is 7.11 Å². The Hall–Kier alpha value is -0.870. The first-order chi connectivity index (χ1) is 7.15. The first kappa shape index (κ1) is 10.6. The van der Waals surface area contributed by atoms with Gasteiger partial charge in [-0.2, -0.15) is 5.10 Å². The number of aromatic nitrogens is 2. The number of hydrogen-bond donors (Lipinski definition) is 1. The summed E-state index contributed by atoms with van der Waals surface area (Å²) in [5, 5.41) is 14.1. The molecule has 0 saturated heterocycles. The molecular weight excluding hydrogens is 192 g/mol. The lowest BCUT2D eigenvalue weighted by Gasteiger charge is -2.41. The highest BCUT2D eigenvalue weighted by Crippen LogP contribution is 2.41. The van der Waals surface area contributed by atoms with Gasteiger partial charge in [0.2, 0.25) is 0 Å². The molecule has 1 heterocycles. The van der Waals surface area contributed by atoms with Crippen molar-refractivity contribution in [2.45, 2.75) is 37.4 Å². The van der Waals surface area contributed by atoms with Gasteiger partial charge in [0.1, 0.15) is 0 Å². The average Bonchev–Trinajstić information content (AvgIpc) is 2.58. The Morgan fingerprint density at radius 1 is 1.67 bits per heavy atom. The number of ether oxygens (including phenoxy) is 1. The zero-order valence-corrected chi connectivity index (χ0v) is 9.31. The van der Waals surface area contributed by atoms with Gasteiger partial charge in [0.05, 0.1) is 17.9 Å². The van der Waals surface area contributed by atoms with E-state index in [9.17, 15) is 5.11 Å². The van der Waals surface area contributed by atoms with Gasteiger partial charge in [0.25, 0.3) is 0 Å². The van der Waals surface area contributed by atoms with Crippen LogP contribution in [0.25, 0.3) is 0 Å². The summed E-state index contributed by atoms with van der Waals surface area (Å²) in [5.74, 6) is 0. The van der Waals surface area contributed by atoms with Crippen molar-refractivity contribution in [1.82, 2.24) is 9.78 Å². The second kappa shape index (κ2) is 3.94. The molecule has 1 aromatic rings. The molecule has 1 saturated carbocycles. The van der Waals surface area contributed by atoms with Crippen molar-refractivity contribution in [3.8, 4) is 0 Å². The molecule has 0 radical (unpaired) electrons. The van der Waals surface area contributed by atoms with Gasteiger partial charge in [-0.05, 0) is 19.3 Å². The van der Waals surface area contributed by atoms with E-state index in [2.05, 4.69) is 5.10 Å². The molecule has 4 nitrogen and oxygen atoms in total. The summed E-state index contributed by atoms with van der Waals surface area (Å²) in [6.07, 6.45) is 7.10. The van der Waals surface area contributed by atoms with Crippen LogP contribution in [0.1, 0.15) is 37.4 Å². The maximum absolute atomic E-state index is 10.0. The van der Waals surface area contributed by atoms with E-state index in [1.807, 2.05) is 13.2 Å². The summed E-state index contributed by atoms with van der Waals surface area (Å²) < 4.78 is 7.19. The number of hydrogen-bond acceptors (Lipinski definition) is 3. The van der Waals surface area contributed by atoms with Crippen molar-refractivity contribution in [3.63, 3.8) is 0 Å². The first-order valence-corrected chi connectivity index (χ1v) is 5.37. The van der Waals surface area contributed by atoms with Gasteiger partial charge < -0.3 is 9.84 Å². The van der Waals surface area contributed by atoms with Gasteiger partial charge in [-0.25, -0.2) is 0 Å². The van der Waals surface area contributed by atoms with E-state index in [0.717, 1.165) is 18.4 Å². The average molecular weight is 210 g/mol. The van der Waals surface area contributed by atoms with Crippen LogP contribution < -0.4 is 0 Å². The number of aliphatic hydroxyl groups is 1. The zero-order chi connectivity index (χ0) is 10.9. The van der Waals surface area contributed by atoms with Crippen LogP contribution in [-0.2, 0) is 11.8 Å². The number of aliphatic hydroxyl groups excluding tert-OH is 1. The van der Waals surface area contributed by atoms with Crippen LogP contribution in [0.4, 0.5) is 0 Å². The van der Waals surface area contributed by atoms with Crippen LogP contribution in [0, 0.1) is 0 Å². The van der Waals surface area contributed by atoms with Gasteiger partial charge in [0.15, 0.2) is 0 Å². The van der Waals surface area contributed by atoms with Crippen molar-refractivity contribution in [2.24, 2.45) is 7.05 Å². The molecular formula is C11H18N2O2. The molecule has 4 heteroatoms. The predicted octanol–water partition coefficient (Wildman–Crippen LogP) is 1.41. The van der Waals surface area contributed by atoms with Gasteiger partial charge in [0, 0.05) is 32.3 Å². The van der Waals surface area contributed by atoms with Crippen molar-refractivity contribution < 1.29 is 9.84 Å². The fourth-order valence-corrected chi connectivity index (χ4v) is 2.15. The second-order valence-electron chi connectivity index (χ2n) is 4.41. The summed E-state index contributed by atoms with van der Waals surface area (Å²) >= 11 is 0. The van der Waals surface area contributed by atoms with Crippen LogP contribution in [0.2, 0.25) is 0 Å². The molecule has 0 amide bonds. The number of methoxy groups -OCH3 is 1. The molecule has 1 fully saturated rings. The second-order valence-corrected chi connectivity index (χ2v) is 4.41. The normalized spacial score (nSPS) is 21.0. The number of aryl methyl sites for hydroxylation is 1. The van der Waals surface area contributed by atoms with Crippen molar-refractivity contribution in [3.05, 3.63) is 18.0 Å². The van der Waals surface area contributed by atoms with Crippen LogP contribution in [-0.4, -0.2) is 27.6 Å². The lowest BCUT2D eigenvalue weighted by Crippen LogP contribution is -2.40. The Morgan fingerprint density at radius 2 is 2.40 bits per heavy atom. The summed E-state index contributed by atoms with van der Waals surface area (Å²) in [5.41, 5.74) is 0.788. The summed E-state index contributed by atoms with van der Waals surface area (Å²) in [6.45, 7) is 0. The monoisotopic (exact) mass is 210 g/mol. The summed E-state index contributed by atoms with van der Waals surface area (Å²) in [7, 11) is 3.58. The summed E-state index contributed by atoms with van der Waals surface area (Å²) in [6, 6.07) is 0. The maximum Gasteiger partial charge on any atom is 0.0848 e. The lowest BCUT2D eigenvalue weighted by atomic mass is 9.75. The molecule has 15 heavy (non-hydrogen) atoms. The van der Waals surface area contributed by atoms with Gasteiger partial charge in [-0.15, -0.1) is 0 Å². The van der Waals surface area contributed by atoms with Crippen molar-refractivity contribution in [1.29, 1.82) is 0 Å². The third-order valence-electron chi connectivity index (χ3n) is 3.37. The minimum absolute atomic E-state index is 0.0880. The van der Waals surface area contributed by atoms with E-state index in [1.165, 1.54) is 6.42 Å². The van der Waals surface area contributed by atoms with Gasteiger partial charge in [-0.1, -0.05) is 0 Å². The van der Waals surface area contributed by atoms with E-state index < -0.39 is 6.10 Å². The van der Waals surface area contributed by atoms with Gasteiger partial charge >= 0.3 is 0 Å². The highest BCUT2D eigenvalue weighted by molar-refractivity contribution is 5.09. The van der Waals surface area contributed by atoms with E-state index in [0.29, 0.717) is 6.42 Å². The van der Waals surface area contributed by atoms with E-state index in [1.54, 1.807) is 18.0 Å². The first-order valence-electron chi connectivity index (χ1n) is 5.37. The summed E-state index contributed by atoms with van der Waals surface area (Å²) in [4.78, 5) is 0. The highest BCUT2D eigenvalue weighted by Gasteiger charge is 2.39. The SMILES string of the molecule is COC1(CC(O)c2cnn(C)c2)CCC1. The minimum atomic E-state index is -0.459. The Balaban J connectivity index is 1.99. The van der Waals surface area contributed by atoms with Crippen molar-refractivity contribution >= 4 is 0 Å². The van der Waals surface area contributed by atoms with Crippen LogP contribution >= 0.6 is 0 Å². The molecule has 0 spiro atoms. The molecule has 1 atom stereocenters. The molecule has 0 aromatic carbocycles. The molecule has 1 aliphatic rings. The molecule has 1 aromatic heterocycles. The van der Waals surface area contributed by atoms with Crippen LogP contribution in [0.5, 0.6) is 0 Å². The Labute approximate surface area is 89.9 Å². The molecule has 84 valence electrons. The minimum Gasteiger partial charge on any atom is -0.388 e. The van der Waals surface area contributed by atoms with Crippen LogP contribution in [0.15, 0.2) is 12.4 Å². The highest BCUT2D eigenvalue weighted by atomic mass is 16.5. The number of nitrogens with zero attached hydrogens (tertiary/aromatic N) is 2. The van der Waals surface area contributed by atoms with E-state index in [4.69, 9.17) is 4.74 Å². The molecule has 0 bridgehead atoms. The lowest BCUT2D eigenvalue weighted by molar-refractivity contribution is -0.0999. The fourth-order valence-electron chi connectivity index (χ4n) is 2.15. The quantitative estimate of drug-likeness (QED) is 0.817. The molecule has 2 rings (SSSR count). The third-order valence-corrected chi connectivity index (χ3v) is 3.37. The molecule has 0 aliphatic heterocycles. The van der Waals surface area contributed by atoms with Crippen LogP contribution in [0.3, 0.4) is 0 Å². The Kier molecular flexibility index (Phi) is 2.80. The predicted molar refractivity (Wildman–Crippen MR) is 56.4 cm³/mol.